The fourth-order valence-corrected chi connectivity index (χ4v) is 2.33. The van der Waals surface area contributed by atoms with Gasteiger partial charge in [0.05, 0.1) is 17.8 Å². The Balaban J connectivity index is 2.04. The number of rotatable bonds is 6. The Labute approximate surface area is 130 Å². The van der Waals surface area contributed by atoms with Gasteiger partial charge in [-0.2, -0.15) is 5.10 Å². The fourth-order valence-electron chi connectivity index (χ4n) is 2.12. The molecule has 1 aromatic carbocycles. The molecule has 1 aromatic heterocycles. The first kappa shape index (κ1) is 16.0. The van der Waals surface area contributed by atoms with Crippen LogP contribution < -0.4 is 5.32 Å². The van der Waals surface area contributed by atoms with Crippen molar-refractivity contribution < 1.29 is 4.39 Å². The van der Waals surface area contributed by atoms with Crippen molar-refractivity contribution in [2.24, 2.45) is 5.92 Å². The van der Waals surface area contributed by atoms with Crippen LogP contribution in [0.15, 0.2) is 24.4 Å². The molecule has 2 aromatic rings. The van der Waals surface area contributed by atoms with Crippen molar-refractivity contribution in [3.05, 3.63) is 52.1 Å². The van der Waals surface area contributed by atoms with E-state index in [-0.39, 0.29) is 5.02 Å². The van der Waals surface area contributed by atoms with Gasteiger partial charge in [0.25, 0.3) is 0 Å². The molecule has 1 N–H and O–H groups in total. The SMILES string of the molecule is Cc1c(CNCC(C)C)cnn1Cc1ccc(F)c(Cl)c1. The Morgan fingerprint density at radius 2 is 2.14 bits per heavy atom. The van der Waals surface area contributed by atoms with Gasteiger partial charge in [0.15, 0.2) is 0 Å². The second kappa shape index (κ2) is 7.05. The summed E-state index contributed by atoms with van der Waals surface area (Å²) >= 11 is 5.81. The molecule has 0 aliphatic heterocycles. The summed E-state index contributed by atoms with van der Waals surface area (Å²) in [5.74, 6) is 0.234. The normalized spacial score (nSPS) is 11.3. The Morgan fingerprint density at radius 3 is 2.81 bits per heavy atom. The predicted octanol–water partition coefficient (Wildman–Crippen LogP) is 3.78. The lowest BCUT2D eigenvalue weighted by Crippen LogP contribution is -2.19. The minimum absolute atomic E-state index is 0.149. The molecule has 0 aliphatic carbocycles. The molecule has 0 saturated heterocycles. The third-order valence-electron chi connectivity index (χ3n) is 3.39. The molecular weight excluding hydrogens is 289 g/mol. The van der Waals surface area contributed by atoms with Crippen LogP contribution in [0, 0.1) is 18.7 Å². The third-order valence-corrected chi connectivity index (χ3v) is 3.68. The fraction of sp³-hybridized carbons (Fsp3) is 0.438. The van der Waals surface area contributed by atoms with Gasteiger partial charge in [-0.15, -0.1) is 0 Å². The summed E-state index contributed by atoms with van der Waals surface area (Å²) in [6, 6.07) is 4.77. The predicted molar refractivity (Wildman–Crippen MR) is 84.0 cm³/mol. The van der Waals surface area contributed by atoms with E-state index < -0.39 is 5.82 Å². The average molecular weight is 310 g/mol. The summed E-state index contributed by atoms with van der Waals surface area (Å²) in [7, 11) is 0. The quantitative estimate of drug-likeness (QED) is 0.880. The van der Waals surface area contributed by atoms with Crippen molar-refractivity contribution in [3.63, 3.8) is 0 Å². The minimum Gasteiger partial charge on any atom is -0.312 e. The maximum absolute atomic E-state index is 13.2. The van der Waals surface area contributed by atoms with Crippen molar-refractivity contribution in [1.29, 1.82) is 0 Å². The van der Waals surface area contributed by atoms with Gasteiger partial charge >= 0.3 is 0 Å². The first-order valence-electron chi connectivity index (χ1n) is 7.13. The van der Waals surface area contributed by atoms with E-state index in [1.165, 1.54) is 11.6 Å². The molecule has 5 heteroatoms. The van der Waals surface area contributed by atoms with Gasteiger partial charge in [-0.3, -0.25) is 4.68 Å². The average Bonchev–Trinajstić information content (AvgIpc) is 2.75. The van der Waals surface area contributed by atoms with Crippen molar-refractivity contribution in [3.8, 4) is 0 Å². The Bertz CT molecular complexity index is 608. The highest BCUT2D eigenvalue weighted by Gasteiger charge is 2.08. The molecule has 0 bridgehead atoms. The molecule has 0 unspecified atom stereocenters. The summed E-state index contributed by atoms with van der Waals surface area (Å²) in [5.41, 5.74) is 3.24. The van der Waals surface area contributed by atoms with Crippen LogP contribution in [0.4, 0.5) is 4.39 Å². The summed E-state index contributed by atoms with van der Waals surface area (Å²) < 4.78 is 15.1. The van der Waals surface area contributed by atoms with Crippen LogP contribution in [-0.2, 0) is 13.1 Å². The summed E-state index contributed by atoms with van der Waals surface area (Å²) in [5, 5.41) is 7.96. The molecule has 21 heavy (non-hydrogen) atoms. The zero-order valence-electron chi connectivity index (χ0n) is 12.7. The molecule has 0 aliphatic rings. The molecule has 0 fully saturated rings. The lowest BCUT2D eigenvalue weighted by molar-refractivity contribution is 0.550. The van der Waals surface area contributed by atoms with Gasteiger partial charge in [0, 0.05) is 17.8 Å². The lowest BCUT2D eigenvalue weighted by atomic mass is 10.2. The van der Waals surface area contributed by atoms with E-state index in [4.69, 9.17) is 11.6 Å². The Morgan fingerprint density at radius 1 is 1.38 bits per heavy atom. The van der Waals surface area contributed by atoms with Crippen LogP contribution >= 0.6 is 11.6 Å². The topological polar surface area (TPSA) is 29.9 Å². The van der Waals surface area contributed by atoms with Crippen molar-refractivity contribution in [1.82, 2.24) is 15.1 Å². The van der Waals surface area contributed by atoms with Crippen LogP contribution in [0.3, 0.4) is 0 Å². The lowest BCUT2D eigenvalue weighted by Gasteiger charge is -2.08. The van der Waals surface area contributed by atoms with E-state index in [2.05, 4.69) is 24.3 Å². The molecule has 0 radical (unpaired) electrons. The van der Waals surface area contributed by atoms with Crippen LogP contribution in [0.1, 0.15) is 30.7 Å². The van der Waals surface area contributed by atoms with Crippen LogP contribution in [0.2, 0.25) is 5.02 Å². The van der Waals surface area contributed by atoms with Crippen LogP contribution in [0.25, 0.3) is 0 Å². The first-order valence-corrected chi connectivity index (χ1v) is 7.51. The minimum atomic E-state index is -0.392. The van der Waals surface area contributed by atoms with E-state index in [1.807, 2.05) is 17.8 Å². The Hall–Kier alpha value is -1.39. The van der Waals surface area contributed by atoms with Gasteiger partial charge < -0.3 is 5.32 Å². The van der Waals surface area contributed by atoms with Crippen molar-refractivity contribution in [2.75, 3.05) is 6.54 Å². The third kappa shape index (κ3) is 4.29. The Kier molecular flexibility index (Phi) is 5.37. The van der Waals surface area contributed by atoms with Gasteiger partial charge in [0.1, 0.15) is 5.82 Å². The summed E-state index contributed by atoms with van der Waals surface area (Å²) in [6.45, 7) is 8.80. The van der Waals surface area contributed by atoms with Crippen molar-refractivity contribution >= 4 is 11.6 Å². The highest BCUT2D eigenvalue weighted by atomic mass is 35.5. The summed E-state index contributed by atoms with van der Waals surface area (Å²) in [4.78, 5) is 0. The number of hydrogen-bond donors (Lipinski definition) is 1. The maximum atomic E-state index is 13.2. The van der Waals surface area contributed by atoms with Crippen molar-refractivity contribution in [2.45, 2.75) is 33.9 Å². The number of nitrogens with one attached hydrogen (secondary N) is 1. The van der Waals surface area contributed by atoms with Gasteiger partial charge in [-0.1, -0.05) is 31.5 Å². The number of benzene rings is 1. The highest BCUT2D eigenvalue weighted by Crippen LogP contribution is 2.17. The summed E-state index contributed by atoms with van der Waals surface area (Å²) in [6.07, 6.45) is 1.88. The van der Waals surface area contributed by atoms with E-state index in [0.717, 1.165) is 24.3 Å². The first-order chi connectivity index (χ1) is 9.97. The molecule has 0 amide bonds. The van der Waals surface area contributed by atoms with E-state index in [9.17, 15) is 4.39 Å². The smallest absolute Gasteiger partial charge is 0.141 e. The molecule has 0 spiro atoms. The molecular formula is C16H21ClFN3. The molecule has 0 atom stereocenters. The number of halogens is 2. The molecule has 1 heterocycles. The maximum Gasteiger partial charge on any atom is 0.141 e. The zero-order valence-corrected chi connectivity index (χ0v) is 13.4. The standard InChI is InChI=1S/C16H21ClFN3/c1-11(2)7-19-8-14-9-20-21(12(14)3)10-13-4-5-16(18)15(17)6-13/h4-6,9,11,19H,7-8,10H2,1-3H3. The van der Waals surface area contributed by atoms with Gasteiger partial charge in [-0.25, -0.2) is 4.39 Å². The highest BCUT2D eigenvalue weighted by molar-refractivity contribution is 6.30. The van der Waals surface area contributed by atoms with E-state index in [1.54, 1.807) is 12.1 Å². The largest absolute Gasteiger partial charge is 0.312 e. The molecule has 2 rings (SSSR count). The molecule has 0 saturated carbocycles. The van der Waals surface area contributed by atoms with Gasteiger partial charge in [-0.05, 0) is 37.1 Å². The monoisotopic (exact) mass is 309 g/mol. The molecule has 3 nitrogen and oxygen atoms in total. The second-order valence-electron chi connectivity index (χ2n) is 5.69. The van der Waals surface area contributed by atoms with Crippen LogP contribution in [0.5, 0.6) is 0 Å². The van der Waals surface area contributed by atoms with E-state index >= 15 is 0 Å². The zero-order chi connectivity index (χ0) is 15.4. The van der Waals surface area contributed by atoms with Gasteiger partial charge in [0.2, 0.25) is 0 Å². The molecule has 114 valence electrons. The number of aromatic nitrogens is 2. The van der Waals surface area contributed by atoms with Crippen LogP contribution in [-0.4, -0.2) is 16.3 Å². The number of hydrogen-bond acceptors (Lipinski definition) is 2. The van der Waals surface area contributed by atoms with E-state index in [0.29, 0.717) is 12.5 Å². The second-order valence-corrected chi connectivity index (χ2v) is 6.09. The number of nitrogens with zero attached hydrogens (tertiary/aromatic N) is 2.